The first-order valence-corrected chi connectivity index (χ1v) is 9.46. The number of nitrogens with zero attached hydrogens (tertiary/aromatic N) is 3. The van der Waals surface area contributed by atoms with Gasteiger partial charge in [-0.1, -0.05) is 53.6 Å². The van der Waals surface area contributed by atoms with E-state index in [1.807, 2.05) is 38.1 Å². The molecule has 0 unspecified atom stereocenters. The van der Waals surface area contributed by atoms with Crippen LogP contribution in [0.1, 0.15) is 33.5 Å². The van der Waals surface area contributed by atoms with Crippen molar-refractivity contribution in [3.8, 4) is 6.07 Å². The van der Waals surface area contributed by atoms with Crippen molar-refractivity contribution in [3.63, 3.8) is 0 Å². The molecular weight excluding hydrogens is 386 g/mol. The minimum absolute atomic E-state index is 0.0953. The lowest BCUT2D eigenvalue weighted by atomic mass is 10.1. The fraction of sp³-hybridized carbons (Fsp3) is 0.174. The molecule has 5 nitrogen and oxygen atoms in total. The molecule has 0 aliphatic rings. The summed E-state index contributed by atoms with van der Waals surface area (Å²) in [7, 11) is 0. The molecule has 0 amide bonds. The van der Waals surface area contributed by atoms with Crippen LogP contribution in [-0.4, -0.2) is 15.7 Å². The number of carbonyl (C=O) groups excluding carboxylic acids is 1. The van der Waals surface area contributed by atoms with Gasteiger partial charge < -0.3 is 4.74 Å². The maximum Gasteiger partial charge on any atom is 0.331 e. The Hall–Kier alpha value is -3.36. The third-order valence-electron chi connectivity index (χ3n) is 4.39. The first-order chi connectivity index (χ1) is 14.0. The second-order valence-corrected chi connectivity index (χ2v) is 7.04. The SMILES string of the molecule is Cc1ccc(Cn2nc(C)c(/C=C/C(=O)OCc3cccc(C#N)c3)c2Cl)cc1. The van der Waals surface area contributed by atoms with Gasteiger partial charge in [0.25, 0.3) is 0 Å². The molecule has 0 aliphatic carbocycles. The lowest BCUT2D eigenvalue weighted by Gasteiger charge is -2.04. The number of esters is 1. The molecule has 0 saturated heterocycles. The van der Waals surface area contributed by atoms with E-state index in [1.165, 1.54) is 11.6 Å². The Labute approximate surface area is 174 Å². The zero-order valence-electron chi connectivity index (χ0n) is 16.2. The molecule has 0 spiro atoms. The quantitative estimate of drug-likeness (QED) is 0.435. The normalized spacial score (nSPS) is 10.8. The number of halogens is 1. The van der Waals surface area contributed by atoms with E-state index in [4.69, 9.17) is 21.6 Å². The van der Waals surface area contributed by atoms with Crippen molar-refractivity contribution >= 4 is 23.6 Å². The van der Waals surface area contributed by atoms with Crippen LogP contribution >= 0.6 is 11.6 Å². The topological polar surface area (TPSA) is 67.9 Å². The zero-order chi connectivity index (χ0) is 20.8. The number of hydrogen-bond acceptors (Lipinski definition) is 4. The van der Waals surface area contributed by atoms with E-state index in [9.17, 15) is 4.79 Å². The van der Waals surface area contributed by atoms with Gasteiger partial charge in [0.1, 0.15) is 11.8 Å². The molecule has 0 radical (unpaired) electrons. The largest absolute Gasteiger partial charge is 0.458 e. The summed E-state index contributed by atoms with van der Waals surface area (Å²) >= 11 is 6.47. The molecule has 3 aromatic rings. The average molecular weight is 406 g/mol. The summed E-state index contributed by atoms with van der Waals surface area (Å²) in [6.45, 7) is 4.53. The molecule has 29 heavy (non-hydrogen) atoms. The second kappa shape index (κ2) is 9.22. The number of aryl methyl sites for hydroxylation is 2. The molecule has 3 rings (SSSR count). The summed E-state index contributed by atoms with van der Waals surface area (Å²) in [4.78, 5) is 12.1. The van der Waals surface area contributed by atoms with Crippen LogP contribution in [0, 0.1) is 25.2 Å². The molecule has 0 atom stereocenters. The van der Waals surface area contributed by atoms with Gasteiger partial charge in [-0.05, 0) is 43.2 Å². The molecule has 1 aromatic heterocycles. The number of nitriles is 1. The van der Waals surface area contributed by atoms with Crippen molar-refractivity contribution in [2.75, 3.05) is 0 Å². The summed E-state index contributed by atoms with van der Waals surface area (Å²) in [5, 5.41) is 13.9. The first kappa shape index (κ1) is 20.4. The lowest BCUT2D eigenvalue weighted by Crippen LogP contribution is -2.02. The van der Waals surface area contributed by atoms with Gasteiger partial charge in [-0.2, -0.15) is 10.4 Å². The molecule has 1 heterocycles. The zero-order valence-corrected chi connectivity index (χ0v) is 17.0. The molecule has 0 aliphatic heterocycles. The van der Waals surface area contributed by atoms with Crippen LogP contribution in [0.25, 0.3) is 6.08 Å². The van der Waals surface area contributed by atoms with E-state index in [0.717, 1.165) is 16.8 Å². The average Bonchev–Trinajstić information content (AvgIpc) is 2.99. The maximum absolute atomic E-state index is 12.1. The van der Waals surface area contributed by atoms with Crippen LogP contribution in [0.3, 0.4) is 0 Å². The van der Waals surface area contributed by atoms with E-state index in [0.29, 0.717) is 22.8 Å². The van der Waals surface area contributed by atoms with Gasteiger partial charge in [-0.3, -0.25) is 0 Å². The Balaban J connectivity index is 1.65. The Morgan fingerprint density at radius 1 is 1.21 bits per heavy atom. The highest BCUT2D eigenvalue weighted by atomic mass is 35.5. The first-order valence-electron chi connectivity index (χ1n) is 9.08. The van der Waals surface area contributed by atoms with Crippen LogP contribution in [0.2, 0.25) is 5.15 Å². The number of ether oxygens (including phenoxy) is 1. The predicted octanol–water partition coefficient (Wildman–Crippen LogP) is 4.83. The summed E-state index contributed by atoms with van der Waals surface area (Å²) in [5.74, 6) is -0.492. The minimum atomic E-state index is -0.492. The summed E-state index contributed by atoms with van der Waals surface area (Å²) in [6, 6.07) is 17.2. The van der Waals surface area contributed by atoms with Crippen molar-refractivity contribution in [2.24, 2.45) is 0 Å². The van der Waals surface area contributed by atoms with Crippen LogP contribution in [0.15, 0.2) is 54.6 Å². The highest BCUT2D eigenvalue weighted by molar-refractivity contribution is 6.31. The molecule has 0 bridgehead atoms. The maximum atomic E-state index is 12.1. The third-order valence-corrected chi connectivity index (χ3v) is 4.78. The molecule has 146 valence electrons. The van der Waals surface area contributed by atoms with E-state index >= 15 is 0 Å². The Bertz CT molecular complexity index is 1090. The Morgan fingerprint density at radius 3 is 2.69 bits per heavy atom. The van der Waals surface area contributed by atoms with Gasteiger partial charge >= 0.3 is 5.97 Å². The van der Waals surface area contributed by atoms with Gasteiger partial charge in [0.05, 0.1) is 23.9 Å². The van der Waals surface area contributed by atoms with Gasteiger partial charge in [-0.15, -0.1) is 0 Å². The summed E-state index contributed by atoms with van der Waals surface area (Å²) in [6.07, 6.45) is 2.95. The van der Waals surface area contributed by atoms with Crippen LogP contribution in [0.4, 0.5) is 0 Å². The van der Waals surface area contributed by atoms with E-state index in [-0.39, 0.29) is 6.61 Å². The number of benzene rings is 2. The highest BCUT2D eigenvalue weighted by Crippen LogP contribution is 2.22. The van der Waals surface area contributed by atoms with Gasteiger partial charge in [0, 0.05) is 11.6 Å². The van der Waals surface area contributed by atoms with E-state index in [1.54, 1.807) is 35.0 Å². The lowest BCUT2D eigenvalue weighted by molar-refractivity contribution is -0.138. The summed E-state index contributed by atoms with van der Waals surface area (Å²) < 4.78 is 6.95. The number of hydrogen-bond donors (Lipinski definition) is 0. The molecule has 0 fully saturated rings. The fourth-order valence-electron chi connectivity index (χ4n) is 2.81. The third kappa shape index (κ3) is 5.34. The smallest absolute Gasteiger partial charge is 0.331 e. The van der Waals surface area contributed by atoms with Gasteiger partial charge in [0.2, 0.25) is 0 Å². The van der Waals surface area contributed by atoms with Crippen molar-refractivity contribution in [1.29, 1.82) is 5.26 Å². The molecule has 0 saturated carbocycles. The Kier molecular flexibility index (Phi) is 6.48. The molecule has 0 N–H and O–H groups in total. The van der Waals surface area contributed by atoms with Crippen molar-refractivity contribution in [2.45, 2.75) is 27.0 Å². The van der Waals surface area contributed by atoms with Crippen molar-refractivity contribution in [3.05, 3.63) is 93.3 Å². The standard InChI is InChI=1S/C23H20ClN3O2/c1-16-6-8-18(9-7-16)14-27-23(24)21(17(2)26-27)10-11-22(28)29-15-20-5-3-4-19(12-20)13-25/h3-12H,14-15H2,1-2H3/b11-10+. The molecule has 6 heteroatoms. The molecular formula is C23H20ClN3O2. The van der Waals surface area contributed by atoms with Crippen molar-refractivity contribution < 1.29 is 9.53 Å². The number of aromatic nitrogens is 2. The van der Waals surface area contributed by atoms with Crippen LogP contribution < -0.4 is 0 Å². The van der Waals surface area contributed by atoms with Crippen molar-refractivity contribution in [1.82, 2.24) is 9.78 Å². The fourth-order valence-corrected chi connectivity index (χ4v) is 3.11. The molecule has 2 aromatic carbocycles. The van der Waals surface area contributed by atoms with E-state index < -0.39 is 5.97 Å². The predicted molar refractivity (Wildman–Crippen MR) is 112 cm³/mol. The van der Waals surface area contributed by atoms with E-state index in [2.05, 4.69) is 11.2 Å². The monoisotopic (exact) mass is 405 g/mol. The van der Waals surface area contributed by atoms with Crippen LogP contribution in [0.5, 0.6) is 0 Å². The van der Waals surface area contributed by atoms with Crippen LogP contribution in [-0.2, 0) is 22.7 Å². The second-order valence-electron chi connectivity index (χ2n) is 6.69. The number of carbonyl (C=O) groups is 1. The highest BCUT2D eigenvalue weighted by Gasteiger charge is 2.12. The summed E-state index contributed by atoms with van der Waals surface area (Å²) in [5.41, 5.74) is 4.98. The number of rotatable bonds is 6. The Morgan fingerprint density at radius 2 is 1.97 bits per heavy atom. The van der Waals surface area contributed by atoms with Gasteiger partial charge in [-0.25, -0.2) is 9.48 Å². The minimum Gasteiger partial charge on any atom is -0.458 e. The van der Waals surface area contributed by atoms with Gasteiger partial charge in [0.15, 0.2) is 0 Å².